The van der Waals surface area contributed by atoms with Crippen LogP contribution in [-0.4, -0.2) is 12.5 Å². The van der Waals surface area contributed by atoms with E-state index in [4.69, 9.17) is 0 Å². The molecule has 66 valence electrons. The summed E-state index contributed by atoms with van der Waals surface area (Å²) in [5.41, 5.74) is 0. The van der Waals surface area contributed by atoms with Gasteiger partial charge in [0.1, 0.15) is 0 Å². The topological polar surface area (TPSA) is 57.6 Å². The lowest BCUT2D eigenvalue weighted by Gasteiger charge is -2.12. The second-order valence-electron chi connectivity index (χ2n) is 2.56. The highest BCUT2D eigenvalue weighted by Gasteiger charge is 2.02. The smallest absolute Gasteiger partial charge is 0.207 e. The zero-order valence-corrected chi connectivity index (χ0v) is 7.30. The molecule has 1 amide bonds. The molecule has 0 aromatic heterocycles. The van der Waals surface area contributed by atoms with Crippen molar-refractivity contribution in [2.24, 2.45) is 0 Å². The minimum Gasteiger partial charge on any atom is -0.356 e. The van der Waals surface area contributed by atoms with Gasteiger partial charge in [0.25, 0.3) is 0 Å². The van der Waals surface area contributed by atoms with Crippen LogP contribution in [0.15, 0.2) is 0 Å². The third kappa shape index (κ3) is 7.33. The Kier molecular flexibility index (Phi) is 11.2. The molecule has 1 N–H and O–H groups in total. The van der Waals surface area contributed by atoms with Crippen molar-refractivity contribution >= 4 is 6.41 Å². The largest absolute Gasteiger partial charge is 0.356 e. The summed E-state index contributed by atoms with van der Waals surface area (Å²) in [6, 6.07) is 0.410. The average Bonchev–Trinajstić information content (AvgIpc) is 1.90. The Hall–Kier alpha value is -0.570. The molecular formula is C8H17NO2. The van der Waals surface area contributed by atoms with Crippen LogP contribution in [0.4, 0.5) is 0 Å². The third-order valence-corrected chi connectivity index (χ3v) is 1.58. The van der Waals surface area contributed by atoms with Gasteiger partial charge < -0.3 is 5.32 Å². The minimum atomic E-state index is 0. The summed E-state index contributed by atoms with van der Waals surface area (Å²) in [7, 11) is 0. The van der Waals surface area contributed by atoms with Crippen molar-refractivity contribution < 1.29 is 10.3 Å². The van der Waals surface area contributed by atoms with Gasteiger partial charge in [-0.05, 0) is 12.8 Å². The van der Waals surface area contributed by atoms with Crippen molar-refractivity contribution in [2.45, 2.75) is 45.6 Å². The van der Waals surface area contributed by atoms with E-state index in [-0.39, 0.29) is 5.48 Å². The molecule has 0 atom stereocenters. The van der Waals surface area contributed by atoms with Crippen molar-refractivity contribution in [3.05, 3.63) is 0 Å². The second kappa shape index (κ2) is 9.43. The van der Waals surface area contributed by atoms with Crippen LogP contribution in [0.1, 0.15) is 39.5 Å². The molecule has 0 heterocycles. The van der Waals surface area contributed by atoms with Crippen molar-refractivity contribution in [3.8, 4) is 0 Å². The lowest BCUT2D eigenvalue weighted by molar-refractivity contribution is -0.110. The quantitative estimate of drug-likeness (QED) is 0.588. The van der Waals surface area contributed by atoms with Crippen LogP contribution in [0, 0.1) is 0 Å². The maximum Gasteiger partial charge on any atom is 0.207 e. The maximum atomic E-state index is 10.1. The summed E-state index contributed by atoms with van der Waals surface area (Å²) in [5.74, 6) is 0. The first-order valence-electron chi connectivity index (χ1n) is 4.04. The van der Waals surface area contributed by atoms with Gasteiger partial charge >= 0.3 is 0 Å². The molecule has 0 fully saturated rings. The van der Waals surface area contributed by atoms with Crippen molar-refractivity contribution in [2.75, 3.05) is 0 Å². The molecule has 0 saturated heterocycles. The summed E-state index contributed by atoms with van der Waals surface area (Å²) in [6.07, 6.45) is 5.30. The Morgan fingerprint density at radius 2 is 1.73 bits per heavy atom. The van der Waals surface area contributed by atoms with E-state index in [0.717, 1.165) is 32.1 Å². The van der Waals surface area contributed by atoms with E-state index in [2.05, 4.69) is 19.2 Å². The summed E-state index contributed by atoms with van der Waals surface area (Å²) in [5, 5.41) is 2.80. The standard InChI is InChI=1S/C8H17NO.O/c1-3-5-8(6-4-2)9-7-10;/h7-8H,3-6H2,1-2H3,(H,9,10);. The third-order valence-electron chi connectivity index (χ3n) is 1.58. The van der Waals surface area contributed by atoms with Crippen LogP contribution in [-0.2, 0) is 10.3 Å². The lowest BCUT2D eigenvalue weighted by atomic mass is 10.1. The minimum absolute atomic E-state index is 0. The normalized spacial score (nSPS) is 9.00. The van der Waals surface area contributed by atoms with Crippen LogP contribution in [0.25, 0.3) is 0 Å². The summed E-state index contributed by atoms with van der Waals surface area (Å²) >= 11 is 0. The molecule has 3 nitrogen and oxygen atoms in total. The van der Waals surface area contributed by atoms with E-state index < -0.39 is 0 Å². The highest BCUT2D eigenvalue weighted by molar-refractivity contribution is 5.46. The Bertz CT molecular complexity index is 80.2. The predicted octanol–water partition coefficient (Wildman–Crippen LogP) is 1.58. The van der Waals surface area contributed by atoms with Gasteiger partial charge in [-0.25, -0.2) is 0 Å². The Balaban J connectivity index is 0. The molecule has 0 bridgehead atoms. The number of rotatable bonds is 6. The number of carbonyl (C=O) groups excluding carboxylic acids is 1. The number of nitrogens with one attached hydrogen (secondary N) is 1. The molecule has 0 aliphatic carbocycles. The highest BCUT2D eigenvalue weighted by atomic mass is 16.1. The van der Waals surface area contributed by atoms with Crippen LogP contribution in [0.5, 0.6) is 0 Å². The molecular weight excluding hydrogens is 142 g/mol. The Morgan fingerprint density at radius 3 is 2.00 bits per heavy atom. The van der Waals surface area contributed by atoms with Gasteiger partial charge in [-0.15, -0.1) is 0 Å². The first-order chi connectivity index (χ1) is 4.85. The lowest BCUT2D eigenvalue weighted by Crippen LogP contribution is -2.27. The van der Waals surface area contributed by atoms with E-state index in [9.17, 15) is 4.79 Å². The maximum absolute atomic E-state index is 10.1. The zero-order valence-electron chi connectivity index (χ0n) is 7.30. The van der Waals surface area contributed by atoms with Crippen LogP contribution < -0.4 is 5.32 Å². The Morgan fingerprint density at radius 1 is 1.27 bits per heavy atom. The van der Waals surface area contributed by atoms with Gasteiger partial charge in [0.15, 0.2) is 0 Å². The molecule has 0 rings (SSSR count). The molecule has 0 aliphatic heterocycles. The molecule has 0 aromatic rings. The number of hydrogen-bond donors (Lipinski definition) is 1. The number of hydrogen-bond acceptors (Lipinski definition) is 1. The Labute approximate surface area is 68.5 Å². The molecule has 0 saturated carbocycles. The molecule has 11 heavy (non-hydrogen) atoms. The van der Waals surface area contributed by atoms with Crippen LogP contribution in [0.3, 0.4) is 0 Å². The first kappa shape index (κ1) is 13.1. The van der Waals surface area contributed by atoms with E-state index in [0.29, 0.717) is 6.04 Å². The summed E-state index contributed by atoms with van der Waals surface area (Å²) in [4.78, 5) is 10.1. The summed E-state index contributed by atoms with van der Waals surface area (Å²) < 4.78 is 0. The van der Waals surface area contributed by atoms with Crippen molar-refractivity contribution in [1.29, 1.82) is 0 Å². The van der Waals surface area contributed by atoms with Gasteiger partial charge in [0, 0.05) is 11.5 Å². The van der Waals surface area contributed by atoms with Gasteiger partial charge in [-0.1, -0.05) is 26.7 Å². The fraction of sp³-hybridized carbons (Fsp3) is 0.875. The zero-order chi connectivity index (χ0) is 7.82. The molecule has 2 radical (unpaired) electrons. The van der Waals surface area contributed by atoms with Crippen molar-refractivity contribution in [3.63, 3.8) is 0 Å². The van der Waals surface area contributed by atoms with E-state index >= 15 is 0 Å². The van der Waals surface area contributed by atoms with Gasteiger partial charge in [0.05, 0.1) is 0 Å². The van der Waals surface area contributed by atoms with E-state index in [1.807, 2.05) is 0 Å². The molecule has 0 spiro atoms. The predicted molar refractivity (Wildman–Crippen MR) is 43.5 cm³/mol. The van der Waals surface area contributed by atoms with Gasteiger partial charge in [0.2, 0.25) is 6.41 Å². The highest BCUT2D eigenvalue weighted by Crippen LogP contribution is 2.02. The van der Waals surface area contributed by atoms with Crippen LogP contribution >= 0.6 is 0 Å². The summed E-state index contributed by atoms with van der Waals surface area (Å²) in [6.45, 7) is 4.27. The van der Waals surface area contributed by atoms with Gasteiger partial charge in [-0.2, -0.15) is 0 Å². The van der Waals surface area contributed by atoms with E-state index in [1.165, 1.54) is 0 Å². The monoisotopic (exact) mass is 159 g/mol. The van der Waals surface area contributed by atoms with Crippen molar-refractivity contribution in [1.82, 2.24) is 5.32 Å². The number of carbonyl (C=O) groups is 1. The molecule has 0 aliphatic rings. The van der Waals surface area contributed by atoms with Crippen LogP contribution in [0.2, 0.25) is 0 Å². The first-order valence-corrected chi connectivity index (χ1v) is 4.04. The fourth-order valence-corrected chi connectivity index (χ4v) is 1.10. The molecule has 3 heteroatoms. The average molecular weight is 159 g/mol. The second-order valence-corrected chi connectivity index (χ2v) is 2.56. The molecule has 0 unspecified atom stereocenters. The SMILES string of the molecule is CCCC(CCC)NC=O.[O]. The number of amides is 1. The molecule has 0 aromatic carbocycles. The van der Waals surface area contributed by atoms with E-state index in [1.54, 1.807) is 0 Å². The fourth-order valence-electron chi connectivity index (χ4n) is 1.10. The van der Waals surface area contributed by atoms with Gasteiger partial charge in [-0.3, -0.25) is 4.79 Å².